The minimum absolute atomic E-state index is 0.129. The lowest BCUT2D eigenvalue weighted by Gasteiger charge is -2.07. The molecule has 1 N–H and O–H groups in total. The minimum atomic E-state index is -1.18. The van der Waals surface area contributed by atoms with Crippen molar-refractivity contribution in [3.63, 3.8) is 0 Å². The van der Waals surface area contributed by atoms with Gasteiger partial charge in [-0.05, 0) is 18.2 Å². The van der Waals surface area contributed by atoms with Crippen LogP contribution in [0.3, 0.4) is 0 Å². The van der Waals surface area contributed by atoms with Crippen molar-refractivity contribution >= 4 is 5.97 Å². The first kappa shape index (κ1) is 13.1. The maximum absolute atomic E-state index is 13.2. The van der Waals surface area contributed by atoms with E-state index in [9.17, 15) is 9.18 Å². The Morgan fingerprint density at radius 3 is 2.89 bits per heavy atom. The van der Waals surface area contributed by atoms with Crippen LogP contribution in [0, 0.1) is 5.82 Å². The van der Waals surface area contributed by atoms with Gasteiger partial charge in [-0.1, -0.05) is 0 Å². The molecular formula is C13H13FN2O3. The molecule has 100 valence electrons. The third-order valence-electron chi connectivity index (χ3n) is 2.67. The monoisotopic (exact) mass is 264 g/mol. The highest BCUT2D eigenvalue weighted by Gasteiger charge is 2.08. The van der Waals surface area contributed by atoms with Gasteiger partial charge in [-0.3, -0.25) is 4.68 Å². The van der Waals surface area contributed by atoms with Gasteiger partial charge in [0.25, 0.3) is 0 Å². The van der Waals surface area contributed by atoms with Gasteiger partial charge in [0, 0.05) is 31.4 Å². The number of carboxylic acid groups (broad SMARTS) is 1. The van der Waals surface area contributed by atoms with Crippen molar-refractivity contribution in [3.8, 4) is 5.75 Å². The van der Waals surface area contributed by atoms with E-state index in [1.165, 1.54) is 6.07 Å². The van der Waals surface area contributed by atoms with Gasteiger partial charge in [0.1, 0.15) is 11.6 Å². The molecule has 0 bridgehead atoms. The van der Waals surface area contributed by atoms with Gasteiger partial charge in [0.2, 0.25) is 0 Å². The average Bonchev–Trinajstić information content (AvgIpc) is 2.74. The fourth-order valence-corrected chi connectivity index (χ4v) is 1.69. The molecule has 0 fully saturated rings. The van der Waals surface area contributed by atoms with Crippen molar-refractivity contribution in [3.05, 3.63) is 47.5 Å². The highest BCUT2D eigenvalue weighted by atomic mass is 19.1. The molecule has 0 aliphatic carbocycles. The molecule has 2 aromatic rings. The second-order valence-electron chi connectivity index (χ2n) is 4.03. The lowest BCUT2D eigenvalue weighted by molar-refractivity contribution is 0.0695. The Labute approximate surface area is 109 Å². The fourth-order valence-electron chi connectivity index (χ4n) is 1.69. The summed E-state index contributed by atoms with van der Waals surface area (Å²) < 4.78 is 20.3. The van der Waals surface area contributed by atoms with E-state index in [1.807, 2.05) is 13.1 Å². The van der Waals surface area contributed by atoms with Crippen molar-refractivity contribution in [2.75, 3.05) is 6.61 Å². The third-order valence-corrected chi connectivity index (χ3v) is 2.67. The molecule has 0 saturated heterocycles. The Bertz CT molecular complexity index is 595. The van der Waals surface area contributed by atoms with Crippen LogP contribution in [0.25, 0.3) is 0 Å². The van der Waals surface area contributed by atoms with E-state index in [4.69, 9.17) is 9.84 Å². The van der Waals surface area contributed by atoms with Gasteiger partial charge in [0.05, 0.1) is 12.2 Å². The van der Waals surface area contributed by atoms with E-state index in [0.717, 1.165) is 17.8 Å². The summed E-state index contributed by atoms with van der Waals surface area (Å²) in [7, 11) is 1.82. The van der Waals surface area contributed by atoms with Crippen LogP contribution in [0.1, 0.15) is 16.1 Å². The Morgan fingerprint density at radius 1 is 1.47 bits per heavy atom. The van der Waals surface area contributed by atoms with Crippen molar-refractivity contribution in [1.29, 1.82) is 0 Å². The lowest BCUT2D eigenvalue weighted by Crippen LogP contribution is -2.07. The number of hydrogen-bond donors (Lipinski definition) is 1. The predicted molar refractivity (Wildman–Crippen MR) is 65.8 cm³/mol. The first-order chi connectivity index (χ1) is 9.06. The highest BCUT2D eigenvalue weighted by molar-refractivity contribution is 5.88. The molecule has 1 heterocycles. The molecule has 0 saturated carbocycles. The normalized spacial score (nSPS) is 10.4. The number of nitrogens with zero attached hydrogens (tertiary/aromatic N) is 2. The van der Waals surface area contributed by atoms with Crippen LogP contribution in [0.5, 0.6) is 5.75 Å². The van der Waals surface area contributed by atoms with E-state index in [-0.39, 0.29) is 11.3 Å². The zero-order valence-corrected chi connectivity index (χ0v) is 10.3. The molecule has 0 radical (unpaired) electrons. The molecule has 0 amide bonds. The largest absolute Gasteiger partial charge is 0.493 e. The van der Waals surface area contributed by atoms with Gasteiger partial charge in [0.15, 0.2) is 0 Å². The lowest BCUT2D eigenvalue weighted by atomic mass is 10.2. The maximum Gasteiger partial charge on any atom is 0.335 e. The quantitative estimate of drug-likeness (QED) is 0.895. The van der Waals surface area contributed by atoms with Gasteiger partial charge < -0.3 is 9.84 Å². The van der Waals surface area contributed by atoms with Crippen LogP contribution in [0.15, 0.2) is 30.5 Å². The molecule has 0 unspecified atom stereocenters. The Balaban J connectivity index is 2.00. The zero-order chi connectivity index (χ0) is 13.8. The molecular weight excluding hydrogens is 251 g/mol. The summed E-state index contributed by atoms with van der Waals surface area (Å²) in [6.45, 7) is 0.321. The van der Waals surface area contributed by atoms with E-state index in [1.54, 1.807) is 10.9 Å². The number of halogens is 1. The van der Waals surface area contributed by atoms with Crippen molar-refractivity contribution in [1.82, 2.24) is 9.78 Å². The number of ether oxygens (including phenoxy) is 1. The van der Waals surface area contributed by atoms with Gasteiger partial charge in [-0.2, -0.15) is 5.10 Å². The van der Waals surface area contributed by atoms with Crippen LogP contribution >= 0.6 is 0 Å². The summed E-state index contributed by atoms with van der Waals surface area (Å²) in [6.07, 6.45) is 2.29. The molecule has 0 atom stereocenters. The average molecular weight is 264 g/mol. The summed E-state index contributed by atoms with van der Waals surface area (Å²) in [5.74, 6) is -1.61. The minimum Gasteiger partial charge on any atom is -0.493 e. The van der Waals surface area contributed by atoms with Gasteiger partial charge in [-0.25, -0.2) is 9.18 Å². The van der Waals surface area contributed by atoms with E-state index >= 15 is 0 Å². The predicted octanol–water partition coefficient (Wildman–Crippen LogP) is 1.88. The Hall–Kier alpha value is -2.37. The molecule has 0 spiro atoms. The van der Waals surface area contributed by atoms with E-state index in [0.29, 0.717) is 13.0 Å². The van der Waals surface area contributed by atoms with Crippen molar-refractivity contribution in [2.45, 2.75) is 6.42 Å². The summed E-state index contributed by atoms with van der Waals surface area (Å²) in [6, 6.07) is 5.28. The summed E-state index contributed by atoms with van der Waals surface area (Å²) in [5.41, 5.74) is 0.852. The number of aromatic carboxylic acids is 1. The third kappa shape index (κ3) is 3.31. The second-order valence-corrected chi connectivity index (χ2v) is 4.03. The number of aryl methyl sites for hydroxylation is 1. The molecule has 6 heteroatoms. The highest BCUT2D eigenvalue weighted by Crippen LogP contribution is 2.16. The van der Waals surface area contributed by atoms with Crippen LogP contribution < -0.4 is 4.74 Å². The summed E-state index contributed by atoms with van der Waals surface area (Å²) in [4.78, 5) is 10.8. The fraction of sp³-hybridized carbons (Fsp3) is 0.231. The number of carbonyl (C=O) groups is 1. The first-order valence-corrected chi connectivity index (χ1v) is 5.70. The molecule has 0 aliphatic heterocycles. The first-order valence-electron chi connectivity index (χ1n) is 5.70. The smallest absolute Gasteiger partial charge is 0.335 e. The second kappa shape index (κ2) is 5.51. The van der Waals surface area contributed by atoms with Gasteiger partial charge >= 0.3 is 5.97 Å². The van der Waals surface area contributed by atoms with Crippen LogP contribution in [-0.2, 0) is 13.5 Å². The molecule has 5 nitrogen and oxygen atoms in total. The molecule has 0 aliphatic rings. The maximum atomic E-state index is 13.2. The van der Waals surface area contributed by atoms with E-state index in [2.05, 4.69) is 5.10 Å². The Morgan fingerprint density at radius 2 is 2.26 bits per heavy atom. The number of rotatable bonds is 5. The molecule has 1 aromatic heterocycles. The number of aromatic nitrogens is 2. The Kier molecular flexibility index (Phi) is 3.79. The summed E-state index contributed by atoms with van der Waals surface area (Å²) >= 11 is 0. The number of carboxylic acids is 1. The zero-order valence-electron chi connectivity index (χ0n) is 10.3. The van der Waals surface area contributed by atoms with Crippen LogP contribution in [0.2, 0.25) is 0 Å². The van der Waals surface area contributed by atoms with Crippen LogP contribution in [0.4, 0.5) is 4.39 Å². The topological polar surface area (TPSA) is 64.4 Å². The van der Waals surface area contributed by atoms with Crippen molar-refractivity contribution < 1.29 is 19.0 Å². The SMILES string of the molecule is Cn1nccc1CCOc1cc(F)cc(C(=O)O)c1. The number of benzene rings is 1. The standard InChI is InChI=1S/C13H13FN2O3/c1-16-11(2-4-15-16)3-5-19-12-7-9(13(17)18)6-10(14)8-12/h2,4,6-8H,3,5H2,1H3,(H,17,18). The molecule has 1 aromatic carbocycles. The van der Waals surface area contributed by atoms with Gasteiger partial charge in [-0.15, -0.1) is 0 Å². The number of hydrogen-bond acceptors (Lipinski definition) is 3. The van der Waals surface area contributed by atoms with Crippen molar-refractivity contribution in [2.24, 2.45) is 7.05 Å². The molecule has 2 rings (SSSR count). The summed E-state index contributed by atoms with van der Waals surface area (Å²) in [5, 5.41) is 12.8. The van der Waals surface area contributed by atoms with Crippen LogP contribution in [-0.4, -0.2) is 27.5 Å². The van der Waals surface area contributed by atoms with E-state index < -0.39 is 11.8 Å². The molecule has 19 heavy (non-hydrogen) atoms.